The molecular formula is C18H20F3N5O. The van der Waals surface area contributed by atoms with Gasteiger partial charge in [0.05, 0.1) is 24.0 Å². The molecule has 0 aliphatic carbocycles. The molecule has 2 aromatic rings. The van der Waals surface area contributed by atoms with Gasteiger partial charge in [-0.2, -0.15) is 13.2 Å². The topological polar surface area (TPSA) is 78.4 Å². The first kappa shape index (κ1) is 20.2. The van der Waals surface area contributed by atoms with Crippen molar-refractivity contribution in [2.45, 2.75) is 12.6 Å². The van der Waals surface area contributed by atoms with E-state index in [1.54, 1.807) is 25.4 Å². The molecule has 0 spiro atoms. The normalized spacial score (nSPS) is 11.8. The number of benzene rings is 1. The van der Waals surface area contributed by atoms with Crippen LogP contribution in [0, 0.1) is 0 Å². The Labute approximate surface area is 154 Å². The molecule has 0 aliphatic rings. The van der Waals surface area contributed by atoms with Crippen LogP contribution in [-0.2, 0) is 17.4 Å². The zero-order chi connectivity index (χ0) is 19.7. The molecule has 0 atom stereocenters. The van der Waals surface area contributed by atoms with Gasteiger partial charge in [0.15, 0.2) is 5.96 Å². The van der Waals surface area contributed by atoms with Crippen molar-refractivity contribution >= 4 is 17.6 Å². The molecule has 2 rings (SSSR count). The smallest absolute Gasteiger partial charge is 0.356 e. The Morgan fingerprint density at radius 1 is 1.15 bits per heavy atom. The number of hydrogen-bond acceptors (Lipinski definition) is 3. The largest absolute Gasteiger partial charge is 0.416 e. The molecule has 1 heterocycles. The number of alkyl halides is 3. The lowest BCUT2D eigenvalue weighted by molar-refractivity contribution is -0.137. The fraction of sp³-hybridized carbons (Fsp3) is 0.278. The second-order valence-electron chi connectivity index (χ2n) is 5.59. The fourth-order valence-electron chi connectivity index (χ4n) is 2.21. The lowest BCUT2D eigenvalue weighted by atomic mass is 10.1. The van der Waals surface area contributed by atoms with Gasteiger partial charge >= 0.3 is 6.18 Å². The van der Waals surface area contributed by atoms with Crippen LogP contribution in [0.15, 0.2) is 53.8 Å². The molecule has 0 radical (unpaired) electrons. The molecular weight excluding hydrogens is 359 g/mol. The highest BCUT2D eigenvalue weighted by molar-refractivity contribution is 5.94. The molecule has 1 aromatic heterocycles. The summed E-state index contributed by atoms with van der Waals surface area (Å²) in [5, 5.41) is 8.55. The van der Waals surface area contributed by atoms with E-state index in [0.717, 1.165) is 17.7 Å². The fourth-order valence-corrected chi connectivity index (χ4v) is 2.21. The number of aliphatic imine (C=N–C) groups is 1. The highest BCUT2D eigenvalue weighted by atomic mass is 19.4. The van der Waals surface area contributed by atoms with E-state index in [9.17, 15) is 18.0 Å². The highest BCUT2D eigenvalue weighted by Gasteiger charge is 2.29. The van der Waals surface area contributed by atoms with E-state index in [0.29, 0.717) is 24.6 Å². The van der Waals surface area contributed by atoms with Crippen molar-refractivity contribution in [2.24, 2.45) is 4.99 Å². The molecule has 0 bridgehead atoms. The zero-order valence-electron chi connectivity index (χ0n) is 14.7. The number of nitrogens with one attached hydrogen (secondary N) is 3. The first-order chi connectivity index (χ1) is 12.9. The first-order valence-electron chi connectivity index (χ1n) is 8.19. The molecule has 1 aromatic carbocycles. The van der Waals surface area contributed by atoms with Gasteiger partial charge in [-0.3, -0.25) is 14.8 Å². The molecule has 3 N–H and O–H groups in total. The summed E-state index contributed by atoms with van der Waals surface area (Å²) < 4.78 is 37.6. The number of carbonyl (C=O) groups excluding carboxylic acids is 1. The van der Waals surface area contributed by atoms with Gasteiger partial charge in [0.2, 0.25) is 5.91 Å². The van der Waals surface area contributed by atoms with Gasteiger partial charge in [-0.1, -0.05) is 12.1 Å². The van der Waals surface area contributed by atoms with Crippen LogP contribution in [0.4, 0.5) is 18.9 Å². The number of carbonyl (C=O) groups is 1. The van der Waals surface area contributed by atoms with Crippen LogP contribution in [-0.4, -0.2) is 37.0 Å². The number of nitrogens with zero attached hydrogens (tertiary/aromatic N) is 2. The zero-order valence-corrected chi connectivity index (χ0v) is 14.7. The number of hydrogen-bond donors (Lipinski definition) is 3. The molecule has 0 unspecified atom stereocenters. The monoisotopic (exact) mass is 379 g/mol. The Morgan fingerprint density at radius 2 is 1.89 bits per heavy atom. The second-order valence-corrected chi connectivity index (χ2v) is 5.59. The first-order valence-corrected chi connectivity index (χ1v) is 8.19. The van der Waals surface area contributed by atoms with Crippen LogP contribution in [0.25, 0.3) is 0 Å². The molecule has 6 nitrogen and oxygen atoms in total. The van der Waals surface area contributed by atoms with Crippen molar-refractivity contribution in [3.05, 3.63) is 59.9 Å². The number of pyridine rings is 1. The summed E-state index contributed by atoms with van der Waals surface area (Å²) in [7, 11) is 1.56. The lowest BCUT2D eigenvalue weighted by Gasteiger charge is -2.12. The van der Waals surface area contributed by atoms with Gasteiger partial charge < -0.3 is 16.0 Å². The minimum Gasteiger partial charge on any atom is -0.356 e. The second kappa shape index (κ2) is 9.56. The van der Waals surface area contributed by atoms with Crippen molar-refractivity contribution in [1.82, 2.24) is 15.6 Å². The molecule has 1 amide bonds. The van der Waals surface area contributed by atoms with Crippen molar-refractivity contribution in [2.75, 3.05) is 25.5 Å². The summed E-state index contributed by atoms with van der Waals surface area (Å²) in [5.74, 6) is 0.164. The third-order valence-electron chi connectivity index (χ3n) is 3.57. The van der Waals surface area contributed by atoms with Crippen LogP contribution in [0.5, 0.6) is 0 Å². The van der Waals surface area contributed by atoms with Crippen molar-refractivity contribution < 1.29 is 18.0 Å². The summed E-state index contributed by atoms with van der Waals surface area (Å²) in [6.07, 6.45) is -0.675. The van der Waals surface area contributed by atoms with Gasteiger partial charge in [0.1, 0.15) is 0 Å². The number of guanidine groups is 1. The maximum absolute atomic E-state index is 12.5. The summed E-state index contributed by atoms with van der Waals surface area (Å²) in [4.78, 5) is 19.8. The van der Waals surface area contributed by atoms with E-state index >= 15 is 0 Å². The Kier molecular flexibility index (Phi) is 7.16. The Hall–Kier alpha value is -3.10. The molecule has 0 aliphatic heterocycles. The molecule has 0 fully saturated rings. The third kappa shape index (κ3) is 6.96. The summed E-state index contributed by atoms with van der Waals surface area (Å²) in [6, 6.07) is 8.45. The Balaban J connectivity index is 1.73. The van der Waals surface area contributed by atoms with Gasteiger partial charge in [-0.05, 0) is 36.2 Å². The minimum atomic E-state index is -4.33. The number of amides is 1. The maximum atomic E-state index is 12.5. The van der Waals surface area contributed by atoms with Crippen LogP contribution in [0.3, 0.4) is 0 Å². The van der Waals surface area contributed by atoms with Crippen molar-refractivity contribution in [3.8, 4) is 0 Å². The summed E-state index contributed by atoms with van der Waals surface area (Å²) in [5.41, 5.74) is 0.686. The van der Waals surface area contributed by atoms with E-state index < -0.39 is 11.7 Å². The van der Waals surface area contributed by atoms with E-state index in [4.69, 9.17) is 0 Å². The van der Waals surface area contributed by atoms with Gasteiger partial charge in [0.25, 0.3) is 0 Å². The predicted octanol–water partition coefficient (Wildman–Crippen LogP) is 2.45. The average molecular weight is 379 g/mol. The highest BCUT2D eigenvalue weighted by Crippen LogP contribution is 2.29. The average Bonchev–Trinajstić information content (AvgIpc) is 2.65. The molecule has 0 saturated heterocycles. The predicted molar refractivity (Wildman–Crippen MR) is 97.4 cm³/mol. The van der Waals surface area contributed by atoms with Gasteiger partial charge in [0, 0.05) is 19.8 Å². The van der Waals surface area contributed by atoms with Crippen LogP contribution >= 0.6 is 0 Å². The summed E-state index contributed by atoms with van der Waals surface area (Å²) >= 11 is 0. The molecule has 144 valence electrons. The number of rotatable bonds is 6. The number of anilines is 1. The number of aromatic nitrogens is 1. The SMILES string of the molecule is CN=C(NCCc1ccc(C(F)(F)F)cc1)NCC(=O)Nc1cccnc1. The van der Waals surface area contributed by atoms with E-state index in [1.807, 2.05) is 0 Å². The van der Waals surface area contributed by atoms with Crippen LogP contribution in [0.2, 0.25) is 0 Å². The van der Waals surface area contributed by atoms with E-state index in [1.165, 1.54) is 18.3 Å². The van der Waals surface area contributed by atoms with E-state index in [-0.39, 0.29) is 12.5 Å². The minimum absolute atomic E-state index is 0.00878. The van der Waals surface area contributed by atoms with Crippen molar-refractivity contribution in [1.29, 1.82) is 0 Å². The lowest BCUT2D eigenvalue weighted by Crippen LogP contribution is -2.42. The summed E-state index contributed by atoms with van der Waals surface area (Å²) in [6.45, 7) is 0.462. The van der Waals surface area contributed by atoms with Gasteiger partial charge in [-0.25, -0.2) is 0 Å². The number of halogens is 3. The van der Waals surface area contributed by atoms with Gasteiger partial charge in [-0.15, -0.1) is 0 Å². The standard InChI is InChI=1S/C18H20F3N5O/c1-22-17(25-12-16(27)26-15-3-2-9-23-11-15)24-10-8-13-4-6-14(7-5-13)18(19,20)21/h2-7,9,11H,8,10,12H2,1H3,(H,26,27)(H2,22,24,25). The van der Waals surface area contributed by atoms with E-state index in [2.05, 4.69) is 25.9 Å². The maximum Gasteiger partial charge on any atom is 0.416 e. The Morgan fingerprint density at radius 3 is 2.48 bits per heavy atom. The Bertz CT molecular complexity index is 761. The van der Waals surface area contributed by atoms with Crippen LogP contribution in [0.1, 0.15) is 11.1 Å². The molecule has 0 saturated carbocycles. The van der Waals surface area contributed by atoms with Crippen LogP contribution < -0.4 is 16.0 Å². The third-order valence-corrected chi connectivity index (χ3v) is 3.57. The van der Waals surface area contributed by atoms with Crippen molar-refractivity contribution in [3.63, 3.8) is 0 Å². The molecule has 9 heteroatoms. The quantitative estimate of drug-likeness (QED) is 0.532. The molecule has 27 heavy (non-hydrogen) atoms.